The van der Waals surface area contributed by atoms with Gasteiger partial charge in [-0.05, 0) is 12.1 Å². The Morgan fingerprint density at radius 1 is 1.82 bits per heavy atom. The fraction of sp³-hybridized carbons (Fsp3) is 0.125. The molecule has 0 aliphatic rings. The molecule has 0 aliphatic heterocycles. The van der Waals surface area contributed by atoms with E-state index < -0.39 is 0 Å². The lowest BCUT2D eigenvalue weighted by molar-refractivity contribution is 0.104. The summed E-state index contributed by atoms with van der Waals surface area (Å²) >= 11 is 0. The van der Waals surface area contributed by atoms with Crippen LogP contribution in [0.5, 0.6) is 5.75 Å². The number of ether oxygens (including phenoxy) is 1. The number of aromatic nitrogens is 1. The molecule has 0 fully saturated rings. The van der Waals surface area contributed by atoms with Crippen LogP contribution in [0.3, 0.4) is 0 Å². The number of hydrogen-bond donors (Lipinski definition) is 1. The molecule has 1 rings (SSSR count). The lowest BCUT2D eigenvalue weighted by Gasteiger charge is -1.96. The summed E-state index contributed by atoms with van der Waals surface area (Å²) in [4.78, 5) is 13.8. The second kappa shape index (κ2) is 3.05. The van der Waals surface area contributed by atoms with E-state index in [4.69, 9.17) is 4.74 Å². The highest BCUT2D eigenvalue weighted by molar-refractivity contribution is 6.04. The molecule has 1 N–H and O–H groups in total. The Labute approximate surface area is 64.7 Å². The molecule has 0 spiro atoms. The third-order valence-corrected chi connectivity index (χ3v) is 1.36. The summed E-state index contributed by atoms with van der Waals surface area (Å²) in [5.74, 6) is 0.391. The van der Waals surface area contributed by atoms with Gasteiger partial charge in [0.2, 0.25) is 5.78 Å². The van der Waals surface area contributed by atoms with Crippen molar-refractivity contribution in [2.24, 2.45) is 0 Å². The Balaban J connectivity index is 3.01. The normalized spacial score (nSPS) is 9.18. The maximum atomic E-state index is 11.0. The van der Waals surface area contributed by atoms with Gasteiger partial charge < -0.3 is 9.72 Å². The van der Waals surface area contributed by atoms with Crippen LogP contribution < -0.4 is 4.74 Å². The molecule has 3 heteroatoms. The molecule has 0 radical (unpaired) electrons. The van der Waals surface area contributed by atoms with Crippen LogP contribution in [0.15, 0.2) is 24.9 Å². The van der Waals surface area contributed by atoms with E-state index >= 15 is 0 Å². The Bertz CT molecular complexity index is 275. The van der Waals surface area contributed by atoms with Gasteiger partial charge in [0.1, 0.15) is 11.4 Å². The van der Waals surface area contributed by atoms with Crippen LogP contribution in [-0.4, -0.2) is 17.9 Å². The van der Waals surface area contributed by atoms with Crippen molar-refractivity contribution in [2.75, 3.05) is 7.11 Å². The molecule has 1 aromatic rings. The highest BCUT2D eigenvalue weighted by Gasteiger charge is 2.08. The number of carbonyl (C=O) groups is 1. The molecule has 0 saturated heterocycles. The SMILES string of the molecule is C=CC(=O)c1[nH]ccc1OC. The van der Waals surface area contributed by atoms with Crippen molar-refractivity contribution in [3.8, 4) is 5.75 Å². The molecule has 11 heavy (non-hydrogen) atoms. The Morgan fingerprint density at radius 3 is 3.09 bits per heavy atom. The number of aromatic amines is 1. The fourth-order valence-electron chi connectivity index (χ4n) is 0.820. The first kappa shape index (κ1) is 7.60. The first-order valence-electron chi connectivity index (χ1n) is 3.17. The second-order valence-electron chi connectivity index (χ2n) is 1.99. The molecule has 1 aromatic heterocycles. The summed E-state index contributed by atoms with van der Waals surface area (Å²) in [5, 5.41) is 0. The largest absolute Gasteiger partial charge is 0.494 e. The third-order valence-electron chi connectivity index (χ3n) is 1.36. The van der Waals surface area contributed by atoms with Crippen molar-refractivity contribution in [1.82, 2.24) is 4.98 Å². The molecule has 0 saturated carbocycles. The van der Waals surface area contributed by atoms with Gasteiger partial charge in [-0.2, -0.15) is 0 Å². The zero-order chi connectivity index (χ0) is 8.27. The molecular weight excluding hydrogens is 142 g/mol. The molecule has 0 aromatic carbocycles. The van der Waals surface area contributed by atoms with Crippen LogP contribution in [0.4, 0.5) is 0 Å². The number of rotatable bonds is 3. The second-order valence-corrected chi connectivity index (χ2v) is 1.99. The maximum absolute atomic E-state index is 11.0. The van der Waals surface area contributed by atoms with E-state index in [1.54, 1.807) is 12.3 Å². The smallest absolute Gasteiger partial charge is 0.205 e. The molecule has 0 aliphatic carbocycles. The summed E-state index contributed by atoms with van der Waals surface area (Å²) in [6.07, 6.45) is 2.89. The average molecular weight is 151 g/mol. The number of H-pyrrole nitrogens is 1. The highest BCUT2D eigenvalue weighted by atomic mass is 16.5. The molecule has 0 unspecified atom stereocenters. The van der Waals surface area contributed by atoms with E-state index in [9.17, 15) is 4.79 Å². The van der Waals surface area contributed by atoms with Crippen LogP contribution in [0.1, 0.15) is 10.5 Å². The van der Waals surface area contributed by atoms with Gasteiger partial charge in [0.15, 0.2) is 0 Å². The monoisotopic (exact) mass is 151 g/mol. The topological polar surface area (TPSA) is 42.1 Å². The summed E-state index contributed by atoms with van der Waals surface area (Å²) < 4.78 is 4.91. The third kappa shape index (κ3) is 1.32. The highest BCUT2D eigenvalue weighted by Crippen LogP contribution is 2.16. The zero-order valence-corrected chi connectivity index (χ0v) is 6.26. The summed E-state index contributed by atoms with van der Waals surface area (Å²) in [7, 11) is 1.52. The molecule has 0 bridgehead atoms. The standard InChI is InChI=1S/C8H9NO2/c1-3-6(10)8-7(11-2)4-5-9-8/h3-5,9H,1H2,2H3. The fourth-order valence-corrected chi connectivity index (χ4v) is 0.820. The Hall–Kier alpha value is -1.51. The Kier molecular flexibility index (Phi) is 2.11. The van der Waals surface area contributed by atoms with Gasteiger partial charge in [-0.25, -0.2) is 0 Å². The minimum atomic E-state index is -0.160. The molecule has 0 amide bonds. The number of nitrogens with one attached hydrogen (secondary N) is 1. The van der Waals surface area contributed by atoms with Crippen molar-refractivity contribution in [2.45, 2.75) is 0 Å². The van der Waals surface area contributed by atoms with E-state index in [0.29, 0.717) is 11.4 Å². The van der Waals surface area contributed by atoms with E-state index in [-0.39, 0.29) is 5.78 Å². The van der Waals surface area contributed by atoms with E-state index in [2.05, 4.69) is 11.6 Å². The summed E-state index contributed by atoms with van der Waals surface area (Å²) in [5.41, 5.74) is 0.447. The number of methoxy groups -OCH3 is 1. The lowest BCUT2D eigenvalue weighted by atomic mass is 10.3. The first-order chi connectivity index (χ1) is 5.29. The predicted octanol–water partition coefficient (Wildman–Crippen LogP) is 1.39. The van der Waals surface area contributed by atoms with Crippen LogP contribution in [-0.2, 0) is 0 Å². The summed E-state index contributed by atoms with van der Waals surface area (Å²) in [6, 6.07) is 1.69. The van der Waals surface area contributed by atoms with Gasteiger partial charge >= 0.3 is 0 Å². The predicted molar refractivity (Wildman–Crippen MR) is 41.9 cm³/mol. The van der Waals surface area contributed by atoms with Gasteiger partial charge in [-0.3, -0.25) is 4.79 Å². The van der Waals surface area contributed by atoms with Crippen LogP contribution >= 0.6 is 0 Å². The molecule has 0 atom stereocenters. The molecule has 1 heterocycles. The van der Waals surface area contributed by atoms with Crippen molar-refractivity contribution in [1.29, 1.82) is 0 Å². The molecular formula is C8H9NO2. The van der Waals surface area contributed by atoms with Crippen molar-refractivity contribution < 1.29 is 9.53 Å². The average Bonchev–Trinajstić information content (AvgIpc) is 2.50. The molecule has 58 valence electrons. The van der Waals surface area contributed by atoms with Gasteiger partial charge in [0.25, 0.3) is 0 Å². The van der Waals surface area contributed by atoms with Gasteiger partial charge in [-0.1, -0.05) is 6.58 Å². The van der Waals surface area contributed by atoms with Crippen LogP contribution in [0.25, 0.3) is 0 Å². The number of allylic oxidation sites excluding steroid dienone is 1. The quantitative estimate of drug-likeness (QED) is 0.524. The van der Waals surface area contributed by atoms with E-state index in [1.165, 1.54) is 13.2 Å². The van der Waals surface area contributed by atoms with E-state index in [0.717, 1.165) is 0 Å². The van der Waals surface area contributed by atoms with Crippen molar-refractivity contribution in [3.63, 3.8) is 0 Å². The van der Waals surface area contributed by atoms with Gasteiger partial charge in [0, 0.05) is 6.20 Å². The Morgan fingerprint density at radius 2 is 2.55 bits per heavy atom. The van der Waals surface area contributed by atoms with E-state index in [1.807, 2.05) is 0 Å². The number of carbonyl (C=O) groups excluding carboxylic acids is 1. The van der Waals surface area contributed by atoms with Crippen LogP contribution in [0, 0.1) is 0 Å². The first-order valence-corrected chi connectivity index (χ1v) is 3.17. The molecule has 3 nitrogen and oxygen atoms in total. The van der Waals surface area contributed by atoms with Crippen molar-refractivity contribution in [3.05, 3.63) is 30.6 Å². The number of hydrogen-bond acceptors (Lipinski definition) is 2. The van der Waals surface area contributed by atoms with Gasteiger partial charge in [0.05, 0.1) is 7.11 Å². The minimum Gasteiger partial charge on any atom is -0.494 e. The maximum Gasteiger partial charge on any atom is 0.205 e. The lowest BCUT2D eigenvalue weighted by Crippen LogP contribution is -1.96. The van der Waals surface area contributed by atoms with Crippen LogP contribution in [0.2, 0.25) is 0 Å². The minimum absolute atomic E-state index is 0.160. The van der Waals surface area contributed by atoms with Gasteiger partial charge in [-0.15, -0.1) is 0 Å². The zero-order valence-electron chi connectivity index (χ0n) is 6.26. The number of ketones is 1. The van der Waals surface area contributed by atoms with Crippen molar-refractivity contribution >= 4 is 5.78 Å². The summed E-state index contributed by atoms with van der Waals surface area (Å²) in [6.45, 7) is 3.37.